The maximum absolute atomic E-state index is 11.1. The maximum atomic E-state index is 11.1. The summed E-state index contributed by atoms with van der Waals surface area (Å²) in [5.74, 6) is 2.13. The van der Waals surface area contributed by atoms with Crippen LogP contribution in [0.3, 0.4) is 0 Å². The third-order valence-corrected chi connectivity index (χ3v) is 6.47. The molecule has 2 unspecified atom stereocenters. The molecule has 2 heteroatoms. The van der Waals surface area contributed by atoms with Crippen LogP contribution in [0.2, 0.25) is 0 Å². The molecule has 2 aliphatic carbocycles. The van der Waals surface area contributed by atoms with E-state index in [2.05, 4.69) is 27.7 Å². The molecule has 2 aliphatic rings. The zero-order valence-corrected chi connectivity index (χ0v) is 14.9. The fourth-order valence-corrected chi connectivity index (χ4v) is 5.40. The van der Waals surface area contributed by atoms with Crippen molar-refractivity contribution in [2.45, 2.75) is 79.1 Å². The summed E-state index contributed by atoms with van der Waals surface area (Å²) in [5, 5.41) is 9.14. The Labute approximate surface area is 136 Å². The van der Waals surface area contributed by atoms with Crippen LogP contribution in [0.4, 0.5) is 0 Å². The molecule has 0 aromatic rings. The summed E-state index contributed by atoms with van der Waals surface area (Å²) in [6.07, 6.45) is 11.5. The Kier molecular flexibility index (Phi) is 5.74. The molecule has 126 valence electrons. The molecule has 0 aromatic heterocycles. The molecule has 0 amide bonds. The first-order valence-electron chi connectivity index (χ1n) is 9.28. The second kappa shape index (κ2) is 7.19. The number of carboxylic acids is 1. The highest BCUT2D eigenvalue weighted by molar-refractivity contribution is 5.80. The number of fused-ring (bicyclic) bond motifs is 1. The van der Waals surface area contributed by atoms with Gasteiger partial charge in [0.05, 0.1) is 0 Å². The van der Waals surface area contributed by atoms with E-state index in [0.29, 0.717) is 11.3 Å². The smallest absolute Gasteiger partial charge is 0.328 e. The van der Waals surface area contributed by atoms with E-state index >= 15 is 0 Å². The number of hydrogen-bond acceptors (Lipinski definition) is 1. The van der Waals surface area contributed by atoms with E-state index in [-0.39, 0.29) is 0 Å². The van der Waals surface area contributed by atoms with Crippen LogP contribution >= 0.6 is 0 Å². The molecule has 1 N–H and O–H groups in total. The first kappa shape index (κ1) is 17.6. The average molecular weight is 306 g/mol. The van der Waals surface area contributed by atoms with Crippen LogP contribution < -0.4 is 0 Å². The minimum Gasteiger partial charge on any atom is -0.478 e. The number of aliphatic carboxylic acids is 1. The van der Waals surface area contributed by atoms with E-state index in [1.165, 1.54) is 56.6 Å². The average Bonchev–Trinajstić information content (AvgIpc) is 2.75. The second-order valence-corrected chi connectivity index (χ2v) is 8.46. The number of carboxylic acid groups (broad SMARTS) is 1. The van der Waals surface area contributed by atoms with E-state index in [9.17, 15) is 4.79 Å². The fraction of sp³-hybridized carbons (Fsp3) is 0.850. The minimum absolute atomic E-state index is 0.344. The molecule has 0 bridgehead atoms. The number of carbonyl (C=O) groups is 1. The second-order valence-electron chi connectivity index (χ2n) is 8.46. The van der Waals surface area contributed by atoms with Crippen molar-refractivity contribution in [2.24, 2.45) is 29.1 Å². The molecule has 0 saturated heterocycles. The molecule has 0 aromatic carbocycles. The van der Waals surface area contributed by atoms with Crippen LogP contribution in [0.25, 0.3) is 0 Å². The molecule has 0 heterocycles. The maximum Gasteiger partial charge on any atom is 0.328 e. The summed E-state index contributed by atoms with van der Waals surface area (Å²) in [7, 11) is 0. The Morgan fingerprint density at radius 1 is 1.32 bits per heavy atom. The normalized spacial score (nSPS) is 34.9. The van der Waals surface area contributed by atoms with Crippen molar-refractivity contribution in [1.29, 1.82) is 0 Å². The van der Waals surface area contributed by atoms with Crippen molar-refractivity contribution in [1.82, 2.24) is 0 Å². The van der Waals surface area contributed by atoms with Gasteiger partial charge in [-0.25, -0.2) is 4.79 Å². The lowest BCUT2D eigenvalue weighted by molar-refractivity contribution is -0.131. The first-order valence-corrected chi connectivity index (χ1v) is 9.28. The predicted molar refractivity (Wildman–Crippen MR) is 91.7 cm³/mol. The van der Waals surface area contributed by atoms with Crippen molar-refractivity contribution in [3.8, 4) is 0 Å². The Morgan fingerprint density at radius 2 is 2.05 bits per heavy atom. The third-order valence-electron chi connectivity index (χ3n) is 6.47. The van der Waals surface area contributed by atoms with Gasteiger partial charge in [-0.05, 0) is 61.2 Å². The van der Waals surface area contributed by atoms with Gasteiger partial charge < -0.3 is 5.11 Å². The standard InChI is InChI=1S/C20H34O2/c1-14(2)7-5-8-15(3)17-10-11-18-16(13-19(21)22)9-6-12-20(17,18)4/h13-15,17-18H,5-12H2,1-4H3,(H,21,22)/b16-13+/t15?,17-,18?,20-/m1/s1. The van der Waals surface area contributed by atoms with Gasteiger partial charge in [-0.2, -0.15) is 0 Å². The lowest BCUT2D eigenvalue weighted by atomic mass is 9.60. The van der Waals surface area contributed by atoms with Crippen LogP contribution in [-0.2, 0) is 4.79 Å². The predicted octanol–water partition coefficient (Wildman–Crippen LogP) is 5.68. The van der Waals surface area contributed by atoms with Crippen molar-refractivity contribution < 1.29 is 9.90 Å². The van der Waals surface area contributed by atoms with Crippen molar-refractivity contribution in [2.75, 3.05) is 0 Å². The third kappa shape index (κ3) is 3.75. The van der Waals surface area contributed by atoms with Gasteiger partial charge in [0, 0.05) is 6.08 Å². The van der Waals surface area contributed by atoms with E-state index in [1.807, 2.05) is 0 Å². The molecule has 2 nitrogen and oxygen atoms in total. The highest BCUT2D eigenvalue weighted by atomic mass is 16.4. The van der Waals surface area contributed by atoms with Gasteiger partial charge in [0.1, 0.15) is 0 Å². The topological polar surface area (TPSA) is 37.3 Å². The van der Waals surface area contributed by atoms with E-state index in [1.54, 1.807) is 0 Å². The molecule has 2 fully saturated rings. The van der Waals surface area contributed by atoms with Gasteiger partial charge in [-0.1, -0.05) is 52.5 Å². The van der Waals surface area contributed by atoms with Gasteiger partial charge in [-0.15, -0.1) is 0 Å². The van der Waals surface area contributed by atoms with Gasteiger partial charge >= 0.3 is 5.97 Å². The lowest BCUT2D eigenvalue weighted by Gasteiger charge is -2.44. The molecule has 2 rings (SSSR count). The quantitative estimate of drug-likeness (QED) is 0.641. The summed E-state index contributed by atoms with van der Waals surface area (Å²) in [4.78, 5) is 11.1. The summed E-state index contributed by atoms with van der Waals surface area (Å²) in [5.41, 5.74) is 1.56. The van der Waals surface area contributed by atoms with Crippen LogP contribution in [0.15, 0.2) is 11.6 Å². The minimum atomic E-state index is -0.757. The first-order chi connectivity index (χ1) is 10.3. The Hall–Kier alpha value is -0.790. The van der Waals surface area contributed by atoms with Crippen LogP contribution in [0.1, 0.15) is 79.1 Å². The van der Waals surface area contributed by atoms with Crippen LogP contribution in [-0.4, -0.2) is 11.1 Å². The van der Waals surface area contributed by atoms with Crippen LogP contribution in [0.5, 0.6) is 0 Å². The summed E-state index contributed by atoms with van der Waals surface area (Å²) < 4.78 is 0. The lowest BCUT2D eigenvalue weighted by Crippen LogP contribution is -2.36. The van der Waals surface area contributed by atoms with E-state index in [4.69, 9.17) is 5.11 Å². The fourth-order valence-electron chi connectivity index (χ4n) is 5.40. The van der Waals surface area contributed by atoms with Crippen molar-refractivity contribution >= 4 is 5.97 Å². The number of hydrogen-bond donors (Lipinski definition) is 1. The molecule has 0 spiro atoms. The Bertz CT molecular complexity index is 423. The molecular formula is C20H34O2. The highest BCUT2D eigenvalue weighted by Gasteiger charge is 2.50. The van der Waals surface area contributed by atoms with E-state index < -0.39 is 5.97 Å². The van der Waals surface area contributed by atoms with Gasteiger partial charge in [0.15, 0.2) is 0 Å². The Balaban J connectivity index is 2.05. The largest absolute Gasteiger partial charge is 0.478 e. The molecular weight excluding hydrogens is 272 g/mol. The summed E-state index contributed by atoms with van der Waals surface area (Å²) in [6, 6.07) is 0. The number of rotatable bonds is 6. The summed E-state index contributed by atoms with van der Waals surface area (Å²) >= 11 is 0. The molecule has 0 aliphatic heterocycles. The molecule has 0 radical (unpaired) electrons. The van der Waals surface area contributed by atoms with Gasteiger partial charge in [-0.3, -0.25) is 0 Å². The van der Waals surface area contributed by atoms with Crippen LogP contribution in [0, 0.1) is 29.1 Å². The molecule has 4 atom stereocenters. The SMILES string of the molecule is CC(C)CCCC(C)[C@H]1CCC2/C(=C/C(=O)O)CCC[C@@]21C. The Morgan fingerprint density at radius 3 is 2.68 bits per heavy atom. The van der Waals surface area contributed by atoms with Crippen molar-refractivity contribution in [3.05, 3.63) is 11.6 Å². The molecule has 22 heavy (non-hydrogen) atoms. The highest BCUT2D eigenvalue weighted by Crippen LogP contribution is 2.59. The summed E-state index contributed by atoms with van der Waals surface area (Å²) in [6.45, 7) is 9.50. The van der Waals surface area contributed by atoms with E-state index in [0.717, 1.165) is 24.2 Å². The van der Waals surface area contributed by atoms with Gasteiger partial charge in [0.25, 0.3) is 0 Å². The zero-order valence-electron chi connectivity index (χ0n) is 14.9. The number of allylic oxidation sites excluding steroid dienone is 1. The monoisotopic (exact) mass is 306 g/mol. The molecule has 2 saturated carbocycles. The zero-order chi connectivity index (χ0) is 16.3. The van der Waals surface area contributed by atoms with Crippen molar-refractivity contribution in [3.63, 3.8) is 0 Å². The van der Waals surface area contributed by atoms with Gasteiger partial charge in [0.2, 0.25) is 0 Å².